The molecule has 0 aliphatic rings. The molecule has 0 aromatic heterocycles. The lowest BCUT2D eigenvalue weighted by atomic mass is 10.3. The van der Waals surface area contributed by atoms with E-state index in [9.17, 15) is 8.42 Å². The number of hydrogen-bond donors (Lipinski definition) is 1. The molecule has 6 heteroatoms. The first-order valence-electron chi connectivity index (χ1n) is 5.32. The average Bonchev–Trinajstić information content (AvgIpc) is 2.26. The Morgan fingerprint density at radius 2 is 2.12 bits per heavy atom. The summed E-state index contributed by atoms with van der Waals surface area (Å²) in [5.41, 5.74) is 0.536. The third-order valence-corrected chi connectivity index (χ3v) is 4.18. The molecule has 0 aliphatic heterocycles. The molecule has 1 aromatic rings. The zero-order valence-corrected chi connectivity index (χ0v) is 12.3. The maximum absolute atomic E-state index is 11.7. The third-order valence-electron chi connectivity index (χ3n) is 2.19. The molecule has 0 atom stereocenters. The fourth-order valence-electron chi connectivity index (χ4n) is 1.29. The lowest BCUT2D eigenvalue weighted by Gasteiger charge is -2.09. The van der Waals surface area contributed by atoms with E-state index in [1.54, 1.807) is 25.3 Å². The van der Waals surface area contributed by atoms with Crippen molar-refractivity contribution in [2.24, 2.45) is 0 Å². The van der Waals surface area contributed by atoms with Crippen LogP contribution in [0.25, 0.3) is 0 Å². The summed E-state index contributed by atoms with van der Waals surface area (Å²) in [5, 5.41) is 0. The predicted molar refractivity (Wildman–Crippen MR) is 73.0 cm³/mol. The maximum atomic E-state index is 11.7. The van der Waals surface area contributed by atoms with Crippen LogP contribution in [-0.2, 0) is 10.0 Å². The quantitative estimate of drug-likeness (QED) is 0.876. The summed E-state index contributed by atoms with van der Waals surface area (Å²) in [6.07, 6.45) is 1.51. The van der Waals surface area contributed by atoms with Gasteiger partial charge in [-0.15, -0.1) is 0 Å². The highest BCUT2D eigenvalue weighted by atomic mass is 79.9. The second-order valence-electron chi connectivity index (χ2n) is 3.62. The lowest BCUT2D eigenvalue weighted by molar-refractivity contribution is 0.412. The van der Waals surface area contributed by atoms with Gasteiger partial charge in [-0.25, -0.2) is 8.42 Å². The lowest BCUT2D eigenvalue weighted by Crippen LogP contribution is -2.16. The molecule has 0 heterocycles. The summed E-state index contributed by atoms with van der Waals surface area (Å²) in [6, 6.07) is 5.07. The van der Waals surface area contributed by atoms with Gasteiger partial charge in [-0.05, 0) is 40.5 Å². The van der Waals surface area contributed by atoms with Crippen LogP contribution in [0.4, 0.5) is 5.69 Å². The standard InChI is InChI=1S/C11H16BrNO3S/c1-3-4-7-17(14,15)13-9-5-6-11(16-2)10(12)8-9/h5-6,8,13H,3-4,7H2,1-2H3. The van der Waals surface area contributed by atoms with Gasteiger partial charge in [-0.1, -0.05) is 13.3 Å². The highest BCUT2D eigenvalue weighted by molar-refractivity contribution is 9.10. The van der Waals surface area contributed by atoms with E-state index in [1.165, 1.54) is 0 Å². The molecule has 1 aromatic carbocycles. The molecule has 0 saturated heterocycles. The first-order chi connectivity index (χ1) is 7.98. The van der Waals surface area contributed by atoms with E-state index >= 15 is 0 Å². The predicted octanol–water partition coefficient (Wildman–Crippen LogP) is 3.00. The van der Waals surface area contributed by atoms with Gasteiger partial charge in [0.1, 0.15) is 5.75 Å². The first kappa shape index (κ1) is 14.3. The van der Waals surface area contributed by atoms with Gasteiger partial charge < -0.3 is 4.74 Å². The summed E-state index contributed by atoms with van der Waals surface area (Å²) in [4.78, 5) is 0. The fourth-order valence-corrected chi connectivity index (χ4v) is 3.09. The Morgan fingerprint density at radius 3 is 2.65 bits per heavy atom. The van der Waals surface area contributed by atoms with E-state index in [4.69, 9.17) is 4.74 Å². The zero-order chi connectivity index (χ0) is 12.9. The van der Waals surface area contributed by atoms with Crippen LogP contribution < -0.4 is 9.46 Å². The van der Waals surface area contributed by atoms with Crippen LogP contribution in [0.3, 0.4) is 0 Å². The van der Waals surface area contributed by atoms with Gasteiger partial charge in [0.05, 0.1) is 17.3 Å². The van der Waals surface area contributed by atoms with Crippen LogP contribution in [0.15, 0.2) is 22.7 Å². The molecule has 1 rings (SSSR count). The van der Waals surface area contributed by atoms with Crippen molar-refractivity contribution in [1.29, 1.82) is 0 Å². The second-order valence-corrected chi connectivity index (χ2v) is 6.32. The van der Waals surface area contributed by atoms with Gasteiger partial charge in [0.25, 0.3) is 0 Å². The molecule has 4 nitrogen and oxygen atoms in total. The molecule has 1 N–H and O–H groups in total. The Kier molecular flexibility index (Phi) is 5.27. The van der Waals surface area contributed by atoms with Crippen molar-refractivity contribution in [3.63, 3.8) is 0 Å². The normalized spacial score (nSPS) is 11.2. The van der Waals surface area contributed by atoms with Crippen LogP contribution in [-0.4, -0.2) is 21.3 Å². The highest BCUT2D eigenvalue weighted by Gasteiger charge is 2.10. The Bertz CT molecular complexity index is 474. The van der Waals surface area contributed by atoms with E-state index < -0.39 is 10.0 Å². The number of benzene rings is 1. The van der Waals surface area contributed by atoms with Crippen molar-refractivity contribution < 1.29 is 13.2 Å². The van der Waals surface area contributed by atoms with Crippen LogP contribution >= 0.6 is 15.9 Å². The minimum absolute atomic E-state index is 0.146. The third kappa shape index (κ3) is 4.55. The average molecular weight is 322 g/mol. The minimum Gasteiger partial charge on any atom is -0.496 e. The number of nitrogens with one attached hydrogen (secondary N) is 1. The summed E-state index contributed by atoms with van der Waals surface area (Å²) in [6.45, 7) is 1.96. The smallest absolute Gasteiger partial charge is 0.232 e. The van der Waals surface area contributed by atoms with Crippen molar-refractivity contribution >= 4 is 31.6 Å². The van der Waals surface area contributed by atoms with Crippen molar-refractivity contribution in [3.05, 3.63) is 22.7 Å². The van der Waals surface area contributed by atoms with Crippen LogP contribution in [0.5, 0.6) is 5.75 Å². The molecule has 0 amide bonds. The Balaban J connectivity index is 2.78. The van der Waals surface area contributed by atoms with Crippen molar-refractivity contribution in [2.75, 3.05) is 17.6 Å². The van der Waals surface area contributed by atoms with Gasteiger partial charge in [0.2, 0.25) is 10.0 Å². The highest BCUT2D eigenvalue weighted by Crippen LogP contribution is 2.28. The summed E-state index contributed by atoms with van der Waals surface area (Å²) in [5.74, 6) is 0.814. The molecule has 0 aliphatic carbocycles. The monoisotopic (exact) mass is 321 g/mol. The van der Waals surface area contributed by atoms with Crippen molar-refractivity contribution in [1.82, 2.24) is 0 Å². The van der Waals surface area contributed by atoms with E-state index in [0.29, 0.717) is 17.9 Å². The molecule has 0 fully saturated rings. The van der Waals surface area contributed by atoms with Gasteiger partial charge >= 0.3 is 0 Å². The van der Waals surface area contributed by atoms with Gasteiger partial charge in [0, 0.05) is 5.69 Å². The van der Waals surface area contributed by atoms with E-state index in [2.05, 4.69) is 20.7 Å². The number of rotatable bonds is 6. The molecule has 0 unspecified atom stereocenters. The summed E-state index contributed by atoms with van der Waals surface area (Å²) in [7, 11) is -1.68. The van der Waals surface area contributed by atoms with Gasteiger partial charge in [0.15, 0.2) is 0 Å². The number of anilines is 1. The van der Waals surface area contributed by atoms with Gasteiger partial charge in [-0.3, -0.25) is 4.72 Å². The van der Waals surface area contributed by atoms with E-state index in [0.717, 1.165) is 10.9 Å². The van der Waals surface area contributed by atoms with Gasteiger partial charge in [-0.2, -0.15) is 0 Å². The van der Waals surface area contributed by atoms with Crippen molar-refractivity contribution in [3.8, 4) is 5.75 Å². The molecular weight excluding hydrogens is 306 g/mol. The second kappa shape index (κ2) is 6.26. The summed E-state index contributed by atoms with van der Waals surface area (Å²) >= 11 is 3.31. The first-order valence-corrected chi connectivity index (χ1v) is 7.77. The van der Waals surface area contributed by atoms with Crippen molar-refractivity contribution in [2.45, 2.75) is 19.8 Å². The topological polar surface area (TPSA) is 55.4 Å². The fraction of sp³-hybridized carbons (Fsp3) is 0.455. The molecule has 0 bridgehead atoms. The molecular formula is C11H16BrNO3S. The number of sulfonamides is 1. The molecule has 0 saturated carbocycles. The maximum Gasteiger partial charge on any atom is 0.232 e. The van der Waals surface area contributed by atoms with E-state index in [1.807, 2.05) is 6.92 Å². The number of unbranched alkanes of at least 4 members (excludes halogenated alkanes) is 1. The Hall–Kier alpha value is -0.750. The number of methoxy groups -OCH3 is 1. The van der Waals surface area contributed by atoms with E-state index in [-0.39, 0.29) is 5.75 Å². The van der Waals surface area contributed by atoms with Crippen LogP contribution in [0, 0.1) is 0 Å². The van der Waals surface area contributed by atoms with Crippen LogP contribution in [0.2, 0.25) is 0 Å². The Morgan fingerprint density at radius 1 is 1.41 bits per heavy atom. The van der Waals surface area contributed by atoms with Crippen LogP contribution in [0.1, 0.15) is 19.8 Å². The minimum atomic E-state index is -3.24. The molecule has 0 spiro atoms. The Labute approximate surface area is 111 Å². The zero-order valence-electron chi connectivity index (χ0n) is 9.86. The molecule has 0 radical (unpaired) electrons. The summed E-state index contributed by atoms with van der Waals surface area (Å²) < 4.78 is 31.7. The number of halogens is 1. The number of ether oxygens (including phenoxy) is 1. The number of hydrogen-bond acceptors (Lipinski definition) is 3. The SMILES string of the molecule is CCCCS(=O)(=O)Nc1ccc(OC)c(Br)c1. The largest absolute Gasteiger partial charge is 0.496 e. The molecule has 17 heavy (non-hydrogen) atoms. The molecule has 96 valence electrons.